The average Bonchev–Trinajstić information content (AvgIpc) is 2.32. The van der Waals surface area contributed by atoms with Crippen molar-refractivity contribution in [2.24, 2.45) is 0 Å². The van der Waals surface area contributed by atoms with Gasteiger partial charge in [0.2, 0.25) is 0 Å². The topological polar surface area (TPSA) is 49.1 Å². The molecule has 0 saturated carbocycles. The first-order valence-corrected chi connectivity index (χ1v) is 5.82. The molecule has 0 unspecified atom stereocenters. The summed E-state index contributed by atoms with van der Waals surface area (Å²) in [5, 5.41) is 9.29. The van der Waals surface area contributed by atoms with E-state index in [1.54, 1.807) is 19.4 Å². The van der Waals surface area contributed by atoms with Crippen LogP contribution in [0.5, 0.6) is 0 Å². The van der Waals surface area contributed by atoms with Crippen molar-refractivity contribution in [3.63, 3.8) is 0 Å². The van der Waals surface area contributed by atoms with Gasteiger partial charge in [-0.15, -0.1) is 0 Å². The van der Waals surface area contributed by atoms with E-state index in [1.807, 2.05) is 6.07 Å². The third kappa shape index (κ3) is 5.64. The Morgan fingerprint density at radius 2 is 2.35 bits per heavy atom. The fourth-order valence-corrected chi connectivity index (χ4v) is 1.65. The van der Waals surface area contributed by atoms with E-state index in [0.29, 0.717) is 31.1 Å². The Bertz CT molecular complexity index is 378. The van der Waals surface area contributed by atoms with Crippen LogP contribution in [0.4, 0.5) is 0 Å². The minimum absolute atomic E-state index is 0.504. The SMILES string of the molecule is COCCN(CCC#N)Cc1cc(Cl)ccn1. The molecule has 0 bridgehead atoms. The van der Waals surface area contributed by atoms with Crippen LogP contribution in [0.1, 0.15) is 12.1 Å². The van der Waals surface area contributed by atoms with Crippen LogP contribution in [0.25, 0.3) is 0 Å². The molecule has 17 heavy (non-hydrogen) atoms. The third-order valence-electron chi connectivity index (χ3n) is 2.32. The molecule has 1 aromatic heterocycles. The fourth-order valence-electron chi connectivity index (χ4n) is 1.46. The van der Waals surface area contributed by atoms with Crippen molar-refractivity contribution in [2.75, 3.05) is 26.8 Å². The first-order valence-electron chi connectivity index (χ1n) is 5.45. The lowest BCUT2D eigenvalue weighted by atomic mass is 10.3. The maximum absolute atomic E-state index is 8.61. The average molecular weight is 254 g/mol. The van der Waals surface area contributed by atoms with Gasteiger partial charge in [0.15, 0.2) is 0 Å². The number of methoxy groups -OCH3 is 1. The highest BCUT2D eigenvalue weighted by Crippen LogP contribution is 2.10. The highest BCUT2D eigenvalue weighted by atomic mass is 35.5. The fraction of sp³-hybridized carbons (Fsp3) is 0.500. The summed E-state index contributed by atoms with van der Waals surface area (Å²) in [6.45, 7) is 2.83. The van der Waals surface area contributed by atoms with Gasteiger partial charge in [-0.05, 0) is 12.1 Å². The van der Waals surface area contributed by atoms with E-state index < -0.39 is 0 Å². The molecule has 0 radical (unpaired) electrons. The summed E-state index contributed by atoms with van der Waals surface area (Å²) in [6, 6.07) is 5.73. The molecule has 0 spiro atoms. The molecule has 4 nitrogen and oxygen atoms in total. The van der Waals surface area contributed by atoms with E-state index >= 15 is 0 Å². The Labute approximate surface area is 107 Å². The maximum Gasteiger partial charge on any atom is 0.0635 e. The lowest BCUT2D eigenvalue weighted by Gasteiger charge is -2.20. The molecule has 0 fully saturated rings. The van der Waals surface area contributed by atoms with Crippen LogP contribution < -0.4 is 0 Å². The van der Waals surface area contributed by atoms with E-state index in [4.69, 9.17) is 21.6 Å². The van der Waals surface area contributed by atoms with Crippen LogP contribution in [-0.4, -0.2) is 36.7 Å². The van der Waals surface area contributed by atoms with Crippen LogP contribution >= 0.6 is 11.6 Å². The molecule has 1 heterocycles. The van der Waals surface area contributed by atoms with Gasteiger partial charge in [0.05, 0.1) is 18.4 Å². The van der Waals surface area contributed by atoms with Gasteiger partial charge >= 0.3 is 0 Å². The Balaban J connectivity index is 2.55. The molecule has 0 saturated heterocycles. The van der Waals surface area contributed by atoms with Gasteiger partial charge in [0.25, 0.3) is 0 Å². The summed E-state index contributed by atoms with van der Waals surface area (Å²) in [5.74, 6) is 0. The molecule has 0 aliphatic heterocycles. The number of nitrogens with zero attached hydrogens (tertiary/aromatic N) is 3. The molecule has 5 heteroatoms. The second-order valence-corrected chi connectivity index (χ2v) is 4.08. The molecule has 0 aliphatic rings. The summed E-state index contributed by atoms with van der Waals surface area (Å²) in [7, 11) is 1.67. The number of hydrogen-bond acceptors (Lipinski definition) is 4. The molecule has 0 N–H and O–H groups in total. The van der Waals surface area contributed by atoms with Crippen molar-refractivity contribution in [3.8, 4) is 6.07 Å². The quantitative estimate of drug-likeness (QED) is 0.747. The molecule has 0 atom stereocenters. The second-order valence-electron chi connectivity index (χ2n) is 3.64. The van der Waals surface area contributed by atoms with Crippen molar-refractivity contribution < 1.29 is 4.74 Å². The van der Waals surface area contributed by atoms with E-state index in [0.717, 1.165) is 12.2 Å². The monoisotopic (exact) mass is 253 g/mol. The standard InChI is InChI=1S/C12H16ClN3O/c1-17-8-7-16(6-2-4-14)10-12-9-11(13)3-5-15-12/h3,5,9H,2,6-8,10H2,1H3. The number of pyridine rings is 1. The molecule has 1 aromatic rings. The Morgan fingerprint density at radius 1 is 1.53 bits per heavy atom. The Morgan fingerprint density at radius 3 is 3.00 bits per heavy atom. The predicted molar refractivity (Wildman–Crippen MR) is 66.6 cm³/mol. The second kappa shape index (κ2) is 8.02. The van der Waals surface area contributed by atoms with Crippen molar-refractivity contribution in [2.45, 2.75) is 13.0 Å². The first-order chi connectivity index (χ1) is 8.26. The lowest BCUT2D eigenvalue weighted by Crippen LogP contribution is -2.28. The van der Waals surface area contributed by atoms with Crippen LogP contribution in [-0.2, 0) is 11.3 Å². The normalized spacial score (nSPS) is 10.5. The summed E-state index contributed by atoms with van der Waals surface area (Å²) >= 11 is 5.90. The minimum Gasteiger partial charge on any atom is -0.383 e. The minimum atomic E-state index is 0.504. The van der Waals surface area contributed by atoms with Gasteiger partial charge in [-0.1, -0.05) is 11.6 Å². The zero-order valence-corrected chi connectivity index (χ0v) is 10.7. The Hall–Kier alpha value is -1.15. The van der Waals surface area contributed by atoms with E-state index in [1.165, 1.54) is 0 Å². The smallest absolute Gasteiger partial charge is 0.0635 e. The Kier molecular flexibility index (Phi) is 6.56. The number of rotatable bonds is 7. The molecular formula is C12H16ClN3O. The zero-order chi connectivity index (χ0) is 12.5. The summed E-state index contributed by atoms with van der Waals surface area (Å²) in [5.41, 5.74) is 0.909. The lowest BCUT2D eigenvalue weighted by molar-refractivity contribution is 0.144. The molecule has 0 aliphatic carbocycles. The van der Waals surface area contributed by atoms with Gasteiger partial charge < -0.3 is 4.74 Å². The largest absolute Gasteiger partial charge is 0.383 e. The van der Waals surface area contributed by atoms with Crippen molar-refractivity contribution in [1.29, 1.82) is 5.26 Å². The van der Waals surface area contributed by atoms with E-state index in [2.05, 4.69) is 16.0 Å². The van der Waals surface area contributed by atoms with Gasteiger partial charge in [0.1, 0.15) is 0 Å². The van der Waals surface area contributed by atoms with E-state index in [9.17, 15) is 0 Å². The van der Waals surface area contributed by atoms with E-state index in [-0.39, 0.29) is 0 Å². The summed E-state index contributed by atoms with van der Waals surface area (Å²) in [4.78, 5) is 6.38. The van der Waals surface area contributed by atoms with Gasteiger partial charge in [-0.3, -0.25) is 9.88 Å². The number of halogens is 1. The van der Waals surface area contributed by atoms with Gasteiger partial charge in [-0.25, -0.2) is 0 Å². The molecular weight excluding hydrogens is 238 g/mol. The van der Waals surface area contributed by atoms with Crippen molar-refractivity contribution in [1.82, 2.24) is 9.88 Å². The molecule has 0 aromatic carbocycles. The number of ether oxygens (including phenoxy) is 1. The summed E-state index contributed by atoms with van der Waals surface area (Å²) in [6.07, 6.45) is 2.20. The summed E-state index contributed by atoms with van der Waals surface area (Å²) < 4.78 is 5.04. The third-order valence-corrected chi connectivity index (χ3v) is 2.55. The molecule has 0 amide bonds. The maximum atomic E-state index is 8.61. The first kappa shape index (κ1) is 13.9. The highest BCUT2D eigenvalue weighted by Gasteiger charge is 2.06. The van der Waals surface area contributed by atoms with Gasteiger partial charge in [0, 0.05) is 44.4 Å². The number of nitriles is 1. The molecule has 92 valence electrons. The zero-order valence-electron chi connectivity index (χ0n) is 9.90. The number of hydrogen-bond donors (Lipinski definition) is 0. The van der Waals surface area contributed by atoms with Crippen LogP contribution in [0.3, 0.4) is 0 Å². The van der Waals surface area contributed by atoms with Crippen LogP contribution in [0.15, 0.2) is 18.3 Å². The van der Waals surface area contributed by atoms with Crippen LogP contribution in [0, 0.1) is 11.3 Å². The van der Waals surface area contributed by atoms with Crippen molar-refractivity contribution in [3.05, 3.63) is 29.0 Å². The molecule has 1 rings (SSSR count). The highest BCUT2D eigenvalue weighted by molar-refractivity contribution is 6.30. The van der Waals surface area contributed by atoms with Crippen LogP contribution in [0.2, 0.25) is 5.02 Å². The number of aromatic nitrogens is 1. The van der Waals surface area contributed by atoms with Gasteiger partial charge in [-0.2, -0.15) is 5.26 Å². The van der Waals surface area contributed by atoms with Crippen molar-refractivity contribution >= 4 is 11.6 Å². The predicted octanol–water partition coefficient (Wildman–Crippen LogP) is 2.10.